The quantitative estimate of drug-likeness (QED) is 0.452. The number of hydrogen-bond donors (Lipinski definition) is 4. The van der Waals surface area contributed by atoms with Gasteiger partial charge in [0.1, 0.15) is 11.9 Å². The third-order valence-electron chi connectivity index (χ3n) is 4.29. The standard InChI is InChI=1S/C17H17Cl2N5O3/c18-13-8-21-17-16(22-13)23-27-24(26-17)12-7-3-6-10(14(12)19)9-4-1-2-5-11(9)15(20)25/h1-7,13,16-17,21-23H,8H2,(H2,20,25). The van der Waals surface area contributed by atoms with E-state index >= 15 is 0 Å². The lowest BCUT2D eigenvalue weighted by Crippen LogP contribution is -2.70. The Morgan fingerprint density at radius 2 is 1.96 bits per heavy atom. The molecule has 2 aliphatic heterocycles. The van der Waals surface area contributed by atoms with Crippen molar-refractivity contribution in [3.63, 3.8) is 0 Å². The van der Waals surface area contributed by atoms with Crippen molar-refractivity contribution in [1.82, 2.24) is 16.1 Å². The first-order valence-electron chi connectivity index (χ1n) is 8.25. The molecule has 2 aromatic rings. The summed E-state index contributed by atoms with van der Waals surface area (Å²) < 4.78 is 0. The number of primary amides is 1. The Bertz CT molecular complexity index is 868. The second kappa shape index (κ2) is 7.61. The summed E-state index contributed by atoms with van der Waals surface area (Å²) in [4.78, 5) is 23.0. The van der Waals surface area contributed by atoms with E-state index in [1.54, 1.807) is 36.4 Å². The Labute approximate surface area is 165 Å². The average Bonchev–Trinajstić information content (AvgIpc) is 2.68. The minimum atomic E-state index is -0.532. The molecule has 2 saturated heterocycles. The van der Waals surface area contributed by atoms with Gasteiger partial charge < -0.3 is 5.73 Å². The summed E-state index contributed by atoms with van der Waals surface area (Å²) in [7, 11) is 0. The van der Waals surface area contributed by atoms with Crippen molar-refractivity contribution in [3.05, 3.63) is 53.1 Å². The number of hydroxylamine groups is 1. The van der Waals surface area contributed by atoms with Gasteiger partial charge >= 0.3 is 0 Å². The topological polar surface area (TPSA) is 101 Å². The van der Waals surface area contributed by atoms with Crippen molar-refractivity contribution in [2.24, 2.45) is 5.73 Å². The van der Waals surface area contributed by atoms with E-state index in [9.17, 15) is 4.79 Å². The molecule has 0 spiro atoms. The highest BCUT2D eigenvalue weighted by atomic mass is 35.5. The molecule has 2 heterocycles. The molecule has 0 aromatic heterocycles. The highest BCUT2D eigenvalue weighted by molar-refractivity contribution is 6.36. The van der Waals surface area contributed by atoms with Crippen molar-refractivity contribution in [2.75, 3.05) is 11.8 Å². The number of nitrogens with two attached hydrogens (primary N) is 1. The van der Waals surface area contributed by atoms with Crippen LogP contribution in [0.3, 0.4) is 0 Å². The molecule has 0 radical (unpaired) electrons. The summed E-state index contributed by atoms with van der Waals surface area (Å²) in [6.07, 6.45) is -0.735. The molecule has 2 aliphatic rings. The van der Waals surface area contributed by atoms with Crippen LogP contribution in [-0.4, -0.2) is 30.3 Å². The predicted octanol–water partition coefficient (Wildman–Crippen LogP) is 1.70. The van der Waals surface area contributed by atoms with Gasteiger partial charge in [-0.15, -0.1) is 16.8 Å². The highest BCUT2D eigenvalue weighted by Gasteiger charge is 2.37. The van der Waals surface area contributed by atoms with Crippen LogP contribution in [0.4, 0.5) is 5.69 Å². The number of carbonyl (C=O) groups is 1. The summed E-state index contributed by atoms with van der Waals surface area (Å²) >= 11 is 12.7. The average molecular weight is 410 g/mol. The van der Waals surface area contributed by atoms with E-state index in [-0.39, 0.29) is 11.7 Å². The Balaban J connectivity index is 1.65. The number of rotatable bonds is 3. The summed E-state index contributed by atoms with van der Waals surface area (Å²) in [5, 5.41) is 7.78. The Hall–Kier alpha value is -1.91. The van der Waals surface area contributed by atoms with Crippen LogP contribution in [0.1, 0.15) is 10.4 Å². The number of hydrogen-bond acceptors (Lipinski definition) is 7. The number of halogens is 2. The number of fused-ring (bicyclic) bond motifs is 1. The third-order valence-corrected chi connectivity index (χ3v) is 4.97. The van der Waals surface area contributed by atoms with Crippen LogP contribution in [0.25, 0.3) is 11.1 Å². The molecule has 3 atom stereocenters. The van der Waals surface area contributed by atoms with Gasteiger partial charge in [0, 0.05) is 17.7 Å². The summed E-state index contributed by atoms with van der Waals surface area (Å²) in [6, 6.07) is 12.3. The van der Waals surface area contributed by atoms with Crippen LogP contribution >= 0.6 is 23.2 Å². The molecule has 3 unspecified atom stereocenters. The van der Waals surface area contributed by atoms with Gasteiger partial charge in [-0.25, -0.2) is 4.84 Å². The number of anilines is 1. The molecule has 0 aliphatic carbocycles. The number of benzene rings is 2. The van der Waals surface area contributed by atoms with Gasteiger partial charge in [-0.3, -0.25) is 15.4 Å². The van der Waals surface area contributed by atoms with Crippen molar-refractivity contribution in [3.8, 4) is 11.1 Å². The van der Waals surface area contributed by atoms with Crippen molar-refractivity contribution in [2.45, 2.75) is 17.9 Å². The molecular formula is C17H17Cl2N5O3. The van der Waals surface area contributed by atoms with E-state index in [1.807, 2.05) is 6.07 Å². The van der Waals surface area contributed by atoms with Crippen LogP contribution in [0.5, 0.6) is 0 Å². The molecule has 2 aromatic carbocycles. The summed E-state index contributed by atoms with van der Waals surface area (Å²) in [5.41, 5.74) is 10.2. The summed E-state index contributed by atoms with van der Waals surface area (Å²) in [6.45, 7) is 0.526. The van der Waals surface area contributed by atoms with Crippen LogP contribution in [0.2, 0.25) is 5.02 Å². The fourth-order valence-corrected chi connectivity index (χ4v) is 3.53. The van der Waals surface area contributed by atoms with Gasteiger partial charge in [-0.05, 0) is 17.7 Å². The monoisotopic (exact) mass is 409 g/mol. The molecule has 142 valence electrons. The van der Waals surface area contributed by atoms with Gasteiger partial charge in [0.15, 0.2) is 6.23 Å². The molecule has 2 fully saturated rings. The van der Waals surface area contributed by atoms with Gasteiger partial charge in [0.05, 0.1) is 10.5 Å². The number of nitrogens with zero attached hydrogens (tertiary/aromatic N) is 1. The lowest BCUT2D eigenvalue weighted by Gasteiger charge is -2.42. The molecule has 10 heteroatoms. The molecular weight excluding hydrogens is 393 g/mol. The number of amides is 1. The van der Waals surface area contributed by atoms with Crippen molar-refractivity contribution in [1.29, 1.82) is 0 Å². The molecule has 4 rings (SSSR count). The SMILES string of the molecule is NC(=O)c1ccccc1-c1cccc(N2ONC3NC(Cl)CNC3O2)c1Cl. The maximum atomic E-state index is 11.8. The normalized spacial score (nSPS) is 25.1. The predicted molar refractivity (Wildman–Crippen MR) is 102 cm³/mol. The highest BCUT2D eigenvalue weighted by Crippen LogP contribution is 2.38. The van der Waals surface area contributed by atoms with Crippen LogP contribution in [0.15, 0.2) is 42.5 Å². The maximum absolute atomic E-state index is 11.8. The Morgan fingerprint density at radius 3 is 2.78 bits per heavy atom. The van der Waals surface area contributed by atoms with Crippen LogP contribution in [-0.2, 0) is 9.78 Å². The van der Waals surface area contributed by atoms with Crippen molar-refractivity contribution < 1.29 is 14.6 Å². The van der Waals surface area contributed by atoms with Crippen LogP contribution < -0.4 is 27.1 Å². The van der Waals surface area contributed by atoms with E-state index in [2.05, 4.69) is 16.1 Å². The maximum Gasteiger partial charge on any atom is 0.249 e. The largest absolute Gasteiger partial charge is 0.366 e. The molecule has 0 bridgehead atoms. The second-order valence-electron chi connectivity index (χ2n) is 6.06. The zero-order valence-corrected chi connectivity index (χ0v) is 15.5. The molecule has 5 N–H and O–H groups in total. The minimum Gasteiger partial charge on any atom is -0.366 e. The second-order valence-corrected chi connectivity index (χ2v) is 6.97. The zero-order chi connectivity index (χ0) is 19.0. The first-order chi connectivity index (χ1) is 13.0. The number of piperazine rings is 1. The third kappa shape index (κ3) is 3.61. The minimum absolute atomic E-state index is 0.241. The van der Waals surface area contributed by atoms with Crippen LogP contribution in [0, 0.1) is 0 Å². The fourth-order valence-electron chi connectivity index (χ4n) is 3.01. The van der Waals surface area contributed by atoms with Crippen molar-refractivity contribution >= 4 is 34.8 Å². The number of nitrogens with one attached hydrogen (secondary N) is 3. The van der Waals surface area contributed by atoms with Gasteiger partial charge in [0.2, 0.25) is 5.91 Å². The van der Waals surface area contributed by atoms with E-state index in [0.717, 1.165) is 0 Å². The van der Waals surface area contributed by atoms with E-state index in [1.165, 1.54) is 5.23 Å². The number of alkyl halides is 1. The Kier molecular flexibility index (Phi) is 5.20. The lowest BCUT2D eigenvalue weighted by molar-refractivity contribution is -0.244. The first kappa shape index (κ1) is 18.5. The summed E-state index contributed by atoms with van der Waals surface area (Å²) in [5.74, 6) is -0.532. The number of carbonyl (C=O) groups excluding carboxylic acids is 1. The Morgan fingerprint density at radius 1 is 1.19 bits per heavy atom. The van der Waals surface area contributed by atoms with E-state index < -0.39 is 12.1 Å². The smallest absolute Gasteiger partial charge is 0.249 e. The van der Waals surface area contributed by atoms with E-state index in [4.69, 9.17) is 38.7 Å². The fraction of sp³-hybridized carbons (Fsp3) is 0.235. The molecule has 1 amide bonds. The zero-order valence-electron chi connectivity index (χ0n) is 14.0. The van der Waals surface area contributed by atoms with Gasteiger partial charge in [-0.1, -0.05) is 41.9 Å². The molecule has 0 saturated carbocycles. The lowest BCUT2D eigenvalue weighted by atomic mass is 9.99. The molecule has 27 heavy (non-hydrogen) atoms. The van der Waals surface area contributed by atoms with Gasteiger partial charge in [0.25, 0.3) is 0 Å². The molecule has 8 nitrogen and oxygen atoms in total. The van der Waals surface area contributed by atoms with Gasteiger partial charge in [-0.2, -0.15) is 10.4 Å². The van der Waals surface area contributed by atoms with E-state index in [0.29, 0.717) is 33.9 Å². The first-order valence-corrected chi connectivity index (χ1v) is 9.06.